The molecule has 0 unspecified atom stereocenters. The van der Waals surface area contributed by atoms with E-state index in [0.717, 1.165) is 12.1 Å². The summed E-state index contributed by atoms with van der Waals surface area (Å²) in [5.74, 6) is -0.131. The molecule has 0 amide bonds. The average molecular weight is 243 g/mol. The summed E-state index contributed by atoms with van der Waals surface area (Å²) in [6, 6.07) is 6.23. The number of para-hydroxylation sites is 1. The molecular formula is C12H12F3NO. The van der Waals surface area contributed by atoms with Crippen LogP contribution in [0.2, 0.25) is 0 Å². The molecule has 2 rings (SSSR count). The minimum atomic E-state index is -4.65. The van der Waals surface area contributed by atoms with Crippen LogP contribution in [0.25, 0.3) is 5.57 Å². The van der Waals surface area contributed by atoms with Crippen LogP contribution in [0.3, 0.4) is 0 Å². The van der Waals surface area contributed by atoms with Gasteiger partial charge in [-0.25, -0.2) is 0 Å². The molecular weight excluding hydrogens is 231 g/mol. The normalized spacial score (nSPS) is 16.5. The molecule has 0 fully saturated rings. The second kappa shape index (κ2) is 4.79. The summed E-state index contributed by atoms with van der Waals surface area (Å²) in [4.78, 5) is 0. The maximum absolute atomic E-state index is 12.2. The van der Waals surface area contributed by atoms with Crippen LogP contribution in [0.4, 0.5) is 13.2 Å². The van der Waals surface area contributed by atoms with Gasteiger partial charge >= 0.3 is 6.36 Å². The molecule has 0 saturated heterocycles. The lowest BCUT2D eigenvalue weighted by Gasteiger charge is -2.18. The van der Waals surface area contributed by atoms with Crippen molar-refractivity contribution >= 4 is 5.57 Å². The summed E-state index contributed by atoms with van der Waals surface area (Å²) in [5, 5.41) is 3.11. The maximum Gasteiger partial charge on any atom is 0.573 e. The van der Waals surface area contributed by atoms with Crippen molar-refractivity contribution in [2.75, 3.05) is 13.1 Å². The molecule has 0 aliphatic carbocycles. The van der Waals surface area contributed by atoms with Gasteiger partial charge in [-0.3, -0.25) is 0 Å². The Labute approximate surface area is 97.1 Å². The molecule has 17 heavy (non-hydrogen) atoms. The van der Waals surface area contributed by atoms with E-state index in [2.05, 4.69) is 10.1 Å². The van der Waals surface area contributed by atoms with Crippen molar-refractivity contribution in [3.8, 4) is 5.75 Å². The van der Waals surface area contributed by atoms with E-state index in [1.807, 2.05) is 6.08 Å². The van der Waals surface area contributed by atoms with Gasteiger partial charge < -0.3 is 10.1 Å². The zero-order valence-corrected chi connectivity index (χ0v) is 9.05. The highest BCUT2D eigenvalue weighted by atomic mass is 19.4. The van der Waals surface area contributed by atoms with Crippen LogP contribution in [-0.4, -0.2) is 19.5 Å². The molecule has 1 aromatic rings. The van der Waals surface area contributed by atoms with Crippen LogP contribution in [0.15, 0.2) is 30.3 Å². The summed E-state index contributed by atoms with van der Waals surface area (Å²) in [6.07, 6.45) is -2.05. The third kappa shape index (κ3) is 3.23. The van der Waals surface area contributed by atoms with Crippen molar-refractivity contribution in [2.24, 2.45) is 0 Å². The van der Waals surface area contributed by atoms with Crippen LogP contribution in [0.1, 0.15) is 12.0 Å². The van der Waals surface area contributed by atoms with Gasteiger partial charge in [-0.2, -0.15) is 0 Å². The van der Waals surface area contributed by atoms with Gasteiger partial charge in [0.1, 0.15) is 5.75 Å². The molecule has 0 aromatic heterocycles. The fourth-order valence-corrected chi connectivity index (χ4v) is 1.81. The molecule has 5 heteroatoms. The van der Waals surface area contributed by atoms with Gasteiger partial charge in [0.2, 0.25) is 0 Å². The van der Waals surface area contributed by atoms with Gasteiger partial charge in [0.25, 0.3) is 0 Å². The lowest BCUT2D eigenvalue weighted by atomic mass is 9.99. The van der Waals surface area contributed by atoms with Crippen molar-refractivity contribution in [3.05, 3.63) is 35.9 Å². The minimum absolute atomic E-state index is 0.131. The second-order valence-corrected chi connectivity index (χ2v) is 3.73. The quantitative estimate of drug-likeness (QED) is 0.862. The lowest BCUT2D eigenvalue weighted by Crippen LogP contribution is -2.21. The highest BCUT2D eigenvalue weighted by Gasteiger charge is 2.32. The summed E-state index contributed by atoms with van der Waals surface area (Å²) in [7, 11) is 0. The first-order valence-corrected chi connectivity index (χ1v) is 5.31. The first kappa shape index (κ1) is 12.0. The number of nitrogens with one attached hydrogen (secondary N) is 1. The minimum Gasteiger partial charge on any atom is -0.405 e. The number of ether oxygens (including phenoxy) is 1. The number of alkyl halides is 3. The Morgan fingerprint density at radius 1 is 1.18 bits per heavy atom. The molecule has 1 N–H and O–H groups in total. The van der Waals surface area contributed by atoms with Crippen molar-refractivity contribution in [3.63, 3.8) is 0 Å². The smallest absolute Gasteiger partial charge is 0.405 e. The molecule has 0 radical (unpaired) electrons. The van der Waals surface area contributed by atoms with Crippen LogP contribution >= 0.6 is 0 Å². The van der Waals surface area contributed by atoms with Gasteiger partial charge in [-0.1, -0.05) is 24.3 Å². The van der Waals surface area contributed by atoms with E-state index < -0.39 is 6.36 Å². The highest BCUT2D eigenvalue weighted by Crippen LogP contribution is 2.32. The summed E-state index contributed by atoms with van der Waals surface area (Å²) in [5.41, 5.74) is 1.41. The van der Waals surface area contributed by atoms with Gasteiger partial charge in [0.05, 0.1) is 0 Å². The van der Waals surface area contributed by atoms with E-state index >= 15 is 0 Å². The zero-order valence-electron chi connectivity index (χ0n) is 9.05. The Morgan fingerprint density at radius 2 is 1.94 bits per heavy atom. The van der Waals surface area contributed by atoms with E-state index in [9.17, 15) is 13.2 Å². The second-order valence-electron chi connectivity index (χ2n) is 3.73. The van der Waals surface area contributed by atoms with Crippen LogP contribution in [-0.2, 0) is 0 Å². The largest absolute Gasteiger partial charge is 0.573 e. The Hall–Kier alpha value is -1.49. The first-order valence-electron chi connectivity index (χ1n) is 5.31. The third-order valence-corrected chi connectivity index (χ3v) is 2.52. The van der Waals surface area contributed by atoms with Gasteiger partial charge in [-0.05, 0) is 24.6 Å². The Balaban J connectivity index is 2.30. The molecule has 2 nitrogen and oxygen atoms in total. The Bertz CT molecular complexity index is 426. The molecule has 1 heterocycles. The predicted molar refractivity (Wildman–Crippen MR) is 58.6 cm³/mol. The van der Waals surface area contributed by atoms with Crippen LogP contribution < -0.4 is 10.1 Å². The maximum atomic E-state index is 12.2. The van der Waals surface area contributed by atoms with Crippen molar-refractivity contribution in [1.82, 2.24) is 5.32 Å². The first-order chi connectivity index (χ1) is 8.06. The van der Waals surface area contributed by atoms with E-state index in [4.69, 9.17) is 0 Å². The van der Waals surface area contributed by atoms with Crippen molar-refractivity contribution < 1.29 is 17.9 Å². The number of hydrogen-bond donors (Lipinski definition) is 1. The van der Waals surface area contributed by atoms with Crippen molar-refractivity contribution in [1.29, 1.82) is 0 Å². The SMILES string of the molecule is FC(F)(F)Oc1ccccc1C1=CCNCC1. The fraction of sp³-hybridized carbons (Fsp3) is 0.333. The molecule has 1 aliphatic heterocycles. The number of hydrogen-bond acceptors (Lipinski definition) is 2. The average Bonchev–Trinajstić information content (AvgIpc) is 2.29. The van der Waals surface area contributed by atoms with E-state index in [0.29, 0.717) is 18.5 Å². The highest BCUT2D eigenvalue weighted by molar-refractivity contribution is 5.71. The summed E-state index contributed by atoms with van der Waals surface area (Å²) >= 11 is 0. The summed E-state index contributed by atoms with van der Waals surface area (Å²) < 4.78 is 40.7. The zero-order chi connectivity index (χ0) is 12.3. The molecule has 92 valence electrons. The number of rotatable bonds is 2. The molecule has 0 atom stereocenters. The van der Waals surface area contributed by atoms with E-state index in [1.165, 1.54) is 12.1 Å². The number of benzene rings is 1. The fourth-order valence-electron chi connectivity index (χ4n) is 1.81. The standard InChI is InChI=1S/C12H12F3NO/c13-12(14,15)17-11-4-2-1-3-10(11)9-5-7-16-8-6-9/h1-5,16H,6-8H2. The Morgan fingerprint density at radius 3 is 2.59 bits per heavy atom. The van der Waals surface area contributed by atoms with Crippen LogP contribution in [0, 0.1) is 0 Å². The molecule has 0 saturated carbocycles. The van der Waals surface area contributed by atoms with E-state index in [-0.39, 0.29) is 5.75 Å². The molecule has 1 aliphatic rings. The summed E-state index contributed by atoms with van der Waals surface area (Å²) in [6.45, 7) is 1.45. The Kier molecular flexibility index (Phi) is 3.38. The van der Waals surface area contributed by atoms with Crippen LogP contribution in [0.5, 0.6) is 5.75 Å². The third-order valence-electron chi connectivity index (χ3n) is 2.52. The lowest BCUT2D eigenvalue weighted by molar-refractivity contribution is -0.274. The topological polar surface area (TPSA) is 21.3 Å². The van der Waals surface area contributed by atoms with E-state index in [1.54, 1.807) is 12.1 Å². The number of halogens is 3. The molecule has 1 aromatic carbocycles. The predicted octanol–water partition coefficient (Wildman–Crippen LogP) is 2.96. The van der Waals surface area contributed by atoms with Gasteiger partial charge in [0.15, 0.2) is 0 Å². The van der Waals surface area contributed by atoms with Gasteiger partial charge in [0, 0.05) is 12.1 Å². The molecule has 0 spiro atoms. The molecule has 0 bridgehead atoms. The monoisotopic (exact) mass is 243 g/mol. The van der Waals surface area contributed by atoms with Gasteiger partial charge in [-0.15, -0.1) is 13.2 Å². The van der Waals surface area contributed by atoms with Crippen molar-refractivity contribution in [2.45, 2.75) is 12.8 Å².